The molecule has 0 aliphatic rings. The number of esters is 1. The third kappa shape index (κ3) is 2.31. The highest BCUT2D eigenvalue weighted by Crippen LogP contribution is 2.34. The van der Waals surface area contributed by atoms with E-state index < -0.39 is 0 Å². The molecule has 0 fully saturated rings. The van der Waals surface area contributed by atoms with E-state index >= 15 is 0 Å². The van der Waals surface area contributed by atoms with Gasteiger partial charge in [0.25, 0.3) is 0 Å². The molecule has 0 N–H and O–H groups in total. The molecule has 5 nitrogen and oxygen atoms in total. The molecule has 2 rings (SSSR count). The van der Waals surface area contributed by atoms with Crippen molar-refractivity contribution in [1.82, 2.24) is 4.57 Å². The topological polar surface area (TPSA) is 49.7 Å². The predicted octanol–water partition coefficient (Wildman–Crippen LogP) is 2.86. The fraction of sp³-hybridized carbons (Fsp3) is 0.400. The van der Waals surface area contributed by atoms with Crippen molar-refractivity contribution >= 4 is 16.9 Å². The number of fused-ring (bicyclic) bond motifs is 1. The van der Waals surface area contributed by atoms with Crippen LogP contribution in [-0.2, 0) is 11.3 Å². The number of rotatable bonds is 5. The van der Waals surface area contributed by atoms with Crippen LogP contribution in [0.4, 0.5) is 0 Å². The summed E-state index contributed by atoms with van der Waals surface area (Å²) in [7, 11) is 3.18. The number of aromatic nitrogens is 1. The van der Waals surface area contributed by atoms with Crippen LogP contribution < -0.4 is 9.47 Å². The van der Waals surface area contributed by atoms with Crippen molar-refractivity contribution in [3.05, 3.63) is 23.9 Å². The van der Waals surface area contributed by atoms with Crippen LogP contribution in [0.2, 0.25) is 0 Å². The smallest absolute Gasteiger partial charge is 0.354 e. The Morgan fingerprint density at radius 1 is 1.10 bits per heavy atom. The Kier molecular flexibility index (Phi) is 4.17. The molecule has 1 heterocycles. The fourth-order valence-electron chi connectivity index (χ4n) is 2.30. The molecule has 0 aliphatic heterocycles. The van der Waals surface area contributed by atoms with E-state index in [9.17, 15) is 4.79 Å². The summed E-state index contributed by atoms with van der Waals surface area (Å²) in [5, 5.41) is 0.924. The minimum Gasteiger partial charge on any atom is -0.493 e. The van der Waals surface area contributed by atoms with Crippen LogP contribution in [0.25, 0.3) is 10.9 Å². The second-order valence-electron chi connectivity index (χ2n) is 4.26. The Morgan fingerprint density at radius 3 is 2.30 bits per heavy atom. The summed E-state index contributed by atoms with van der Waals surface area (Å²) in [5.41, 5.74) is 1.47. The van der Waals surface area contributed by atoms with Crippen LogP contribution in [0.1, 0.15) is 24.3 Å². The molecule has 5 heteroatoms. The summed E-state index contributed by atoms with van der Waals surface area (Å²) in [5.74, 6) is 0.968. The van der Waals surface area contributed by atoms with Crippen LogP contribution >= 0.6 is 0 Å². The fourth-order valence-corrected chi connectivity index (χ4v) is 2.30. The highest BCUT2D eigenvalue weighted by molar-refractivity contribution is 5.96. The molecular weight excluding hydrogens is 258 g/mol. The molecule has 0 spiro atoms. The maximum Gasteiger partial charge on any atom is 0.354 e. The molecule has 0 radical (unpaired) electrons. The monoisotopic (exact) mass is 277 g/mol. The minimum atomic E-state index is -0.316. The SMILES string of the molecule is CCOC(=O)c1cc2cc(OC)c(OC)cc2n1CC. The molecule has 1 aromatic heterocycles. The Hall–Kier alpha value is -2.17. The molecule has 2 aromatic rings. The quantitative estimate of drug-likeness (QED) is 0.788. The van der Waals surface area contributed by atoms with Crippen LogP contribution in [0.15, 0.2) is 18.2 Å². The van der Waals surface area contributed by atoms with Gasteiger partial charge in [-0.25, -0.2) is 4.79 Å². The Bertz CT molecular complexity index is 630. The molecule has 0 unspecified atom stereocenters. The Morgan fingerprint density at radius 2 is 1.75 bits per heavy atom. The van der Waals surface area contributed by atoms with Gasteiger partial charge in [-0.3, -0.25) is 0 Å². The van der Waals surface area contributed by atoms with E-state index in [-0.39, 0.29) is 5.97 Å². The van der Waals surface area contributed by atoms with Crippen molar-refractivity contribution in [1.29, 1.82) is 0 Å². The van der Waals surface area contributed by atoms with E-state index in [1.54, 1.807) is 21.1 Å². The van der Waals surface area contributed by atoms with Gasteiger partial charge in [-0.15, -0.1) is 0 Å². The van der Waals surface area contributed by atoms with E-state index in [1.807, 2.05) is 29.7 Å². The molecule has 0 bridgehead atoms. The van der Waals surface area contributed by atoms with E-state index in [0.717, 1.165) is 10.9 Å². The zero-order chi connectivity index (χ0) is 14.7. The van der Waals surface area contributed by atoms with Gasteiger partial charge in [0, 0.05) is 18.0 Å². The number of aryl methyl sites for hydroxylation is 1. The normalized spacial score (nSPS) is 10.6. The molecule has 0 aliphatic carbocycles. The zero-order valence-electron chi connectivity index (χ0n) is 12.2. The largest absolute Gasteiger partial charge is 0.493 e. The second kappa shape index (κ2) is 5.86. The molecular formula is C15H19NO4. The lowest BCUT2D eigenvalue weighted by molar-refractivity contribution is 0.0514. The number of ether oxygens (including phenoxy) is 3. The number of benzene rings is 1. The Labute approximate surface area is 118 Å². The third-order valence-corrected chi connectivity index (χ3v) is 3.21. The van der Waals surface area contributed by atoms with Crippen LogP contribution in [0, 0.1) is 0 Å². The van der Waals surface area contributed by atoms with Crippen molar-refractivity contribution in [2.45, 2.75) is 20.4 Å². The highest BCUT2D eigenvalue weighted by Gasteiger charge is 2.18. The van der Waals surface area contributed by atoms with Crippen LogP contribution in [-0.4, -0.2) is 31.4 Å². The first kappa shape index (κ1) is 14.2. The van der Waals surface area contributed by atoms with Gasteiger partial charge >= 0.3 is 5.97 Å². The first-order valence-electron chi connectivity index (χ1n) is 6.58. The van der Waals surface area contributed by atoms with E-state index in [2.05, 4.69) is 0 Å². The molecule has 0 saturated heterocycles. The summed E-state index contributed by atoms with van der Waals surface area (Å²) in [6.45, 7) is 4.81. The van der Waals surface area contributed by atoms with Crippen molar-refractivity contribution < 1.29 is 19.0 Å². The average Bonchev–Trinajstić information content (AvgIpc) is 2.83. The van der Waals surface area contributed by atoms with E-state index in [4.69, 9.17) is 14.2 Å². The summed E-state index contributed by atoms with van der Waals surface area (Å²) in [6, 6.07) is 5.56. The number of hydrogen-bond acceptors (Lipinski definition) is 4. The molecule has 0 saturated carbocycles. The summed E-state index contributed by atoms with van der Waals surface area (Å²) in [6.07, 6.45) is 0. The number of carbonyl (C=O) groups excluding carboxylic acids is 1. The van der Waals surface area contributed by atoms with Crippen LogP contribution in [0.3, 0.4) is 0 Å². The standard InChI is InChI=1S/C15H19NO4/c1-5-16-11-9-14(19-4)13(18-3)8-10(11)7-12(16)15(17)20-6-2/h7-9H,5-6H2,1-4H3. The lowest BCUT2D eigenvalue weighted by Gasteiger charge is -2.10. The number of carbonyl (C=O) groups is 1. The summed E-state index contributed by atoms with van der Waals surface area (Å²) >= 11 is 0. The van der Waals surface area contributed by atoms with Gasteiger partial charge in [0.15, 0.2) is 11.5 Å². The molecule has 0 amide bonds. The van der Waals surface area contributed by atoms with Gasteiger partial charge in [0.1, 0.15) is 5.69 Å². The lowest BCUT2D eigenvalue weighted by atomic mass is 10.2. The van der Waals surface area contributed by atoms with E-state index in [1.165, 1.54) is 0 Å². The lowest BCUT2D eigenvalue weighted by Crippen LogP contribution is -2.11. The van der Waals surface area contributed by atoms with Crippen molar-refractivity contribution in [2.24, 2.45) is 0 Å². The van der Waals surface area contributed by atoms with Gasteiger partial charge in [-0.1, -0.05) is 0 Å². The van der Waals surface area contributed by atoms with Crippen molar-refractivity contribution in [3.63, 3.8) is 0 Å². The van der Waals surface area contributed by atoms with E-state index in [0.29, 0.717) is 30.3 Å². The highest BCUT2D eigenvalue weighted by atomic mass is 16.5. The van der Waals surface area contributed by atoms with Gasteiger partial charge in [0.05, 0.1) is 26.3 Å². The maximum absolute atomic E-state index is 12.0. The first-order valence-corrected chi connectivity index (χ1v) is 6.58. The summed E-state index contributed by atoms with van der Waals surface area (Å²) < 4.78 is 17.6. The van der Waals surface area contributed by atoms with Crippen LogP contribution in [0.5, 0.6) is 11.5 Å². The average molecular weight is 277 g/mol. The van der Waals surface area contributed by atoms with Crippen molar-refractivity contribution in [3.8, 4) is 11.5 Å². The number of nitrogens with zero attached hydrogens (tertiary/aromatic N) is 1. The van der Waals surface area contributed by atoms with Gasteiger partial charge in [0.2, 0.25) is 0 Å². The Balaban J connectivity index is 2.64. The maximum atomic E-state index is 12.0. The number of hydrogen-bond donors (Lipinski definition) is 0. The molecule has 108 valence electrons. The van der Waals surface area contributed by atoms with Gasteiger partial charge in [-0.05, 0) is 26.0 Å². The zero-order valence-corrected chi connectivity index (χ0v) is 12.2. The molecule has 0 atom stereocenters. The third-order valence-electron chi connectivity index (χ3n) is 3.21. The predicted molar refractivity (Wildman–Crippen MR) is 76.7 cm³/mol. The second-order valence-corrected chi connectivity index (χ2v) is 4.26. The van der Waals surface area contributed by atoms with Gasteiger partial charge in [-0.2, -0.15) is 0 Å². The molecule has 1 aromatic carbocycles. The first-order chi connectivity index (χ1) is 9.65. The number of methoxy groups -OCH3 is 2. The van der Waals surface area contributed by atoms with Gasteiger partial charge < -0.3 is 18.8 Å². The molecule has 20 heavy (non-hydrogen) atoms. The van der Waals surface area contributed by atoms with Crippen molar-refractivity contribution in [2.75, 3.05) is 20.8 Å². The summed E-state index contributed by atoms with van der Waals surface area (Å²) in [4.78, 5) is 12.0. The minimum absolute atomic E-state index is 0.316.